The summed E-state index contributed by atoms with van der Waals surface area (Å²) in [5.74, 6) is -2.15. The number of urea groups is 1. The molecule has 6 aromatic rings. The number of amides is 4. The predicted molar refractivity (Wildman–Crippen MR) is 200 cm³/mol. The molecule has 0 atom stereocenters. The van der Waals surface area contributed by atoms with Gasteiger partial charge in [-0.05, 0) is 109 Å². The summed E-state index contributed by atoms with van der Waals surface area (Å²) in [7, 11) is -9.00. The van der Waals surface area contributed by atoms with Crippen LogP contribution in [0.3, 0.4) is 0 Å². The molecule has 0 spiro atoms. The number of anilines is 4. The van der Waals surface area contributed by atoms with Crippen LogP contribution in [0.25, 0.3) is 21.5 Å². The smallest absolute Gasteiger partial charge is 0.328 e. The first-order valence-electron chi connectivity index (χ1n) is 15.8. The Labute approximate surface area is 307 Å². The number of carbonyl (C=O) groups is 3. The number of aromatic hydroxyl groups is 2. The van der Waals surface area contributed by atoms with Gasteiger partial charge in [-0.15, -0.1) is 0 Å². The molecular formula is C37H30N4O11S2. The van der Waals surface area contributed by atoms with Crippen LogP contribution in [0.5, 0.6) is 11.5 Å². The highest BCUT2D eigenvalue weighted by Gasteiger charge is 2.19. The van der Waals surface area contributed by atoms with Crippen LogP contribution < -0.4 is 21.3 Å². The molecule has 0 aliphatic heterocycles. The molecule has 0 saturated heterocycles. The molecule has 15 nitrogen and oxygen atoms in total. The summed E-state index contributed by atoms with van der Waals surface area (Å²) < 4.78 is 65.1. The molecule has 8 N–H and O–H groups in total. The Kier molecular flexibility index (Phi) is 9.74. The summed E-state index contributed by atoms with van der Waals surface area (Å²) in [6.45, 7) is 3.21. The van der Waals surface area contributed by atoms with Crippen LogP contribution in [0.4, 0.5) is 27.5 Å². The number of rotatable bonds is 8. The molecular weight excluding hydrogens is 741 g/mol. The second-order valence-corrected chi connectivity index (χ2v) is 15.0. The van der Waals surface area contributed by atoms with Gasteiger partial charge in [0.1, 0.15) is 11.5 Å². The van der Waals surface area contributed by atoms with Crippen molar-refractivity contribution in [1.29, 1.82) is 0 Å². The number of phenolic OH excluding ortho intramolecular Hbond substituents is 2. The minimum atomic E-state index is -4.50. The van der Waals surface area contributed by atoms with Crippen molar-refractivity contribution in [1.82, 2.24) is 10.6 Å². The number of phenols is 2. The molecule has 0 aliphatic rings. The van der Waals surface area contributed by atoms with Crippen LogP contribution in [0.15, 0.2) is 107 Å². The van der Waals surface area contributed by atoms with Crippen molar-refractivity contribution in [2.24, 2.45) is 0 Å². The number of aryl methyl sites for hydroxylation is 2. The van der Waals surface area contributed by atoms with Crippen molar-refractivity contribution in [2.75, 3.05) is 10.6 Å². The van der Waals surface area contributed by atoms with Gasteiger partial charge in [-0.2, -0.15) is 16.8 Å². The van der Waals surface area contributed by atoms with Gasteiger partial charge in [0.15, 0.2) is 0 Å². The lowest BCUT2D eigenvalue weighted by molar-refractivity contribution is 0.0944. The Balaban J connectivity index is 1.10. The SMILES string of the molecule is Cc1cc(Nc2ccc3ccc(S(=O)(=O)O)cc3c2O)ccc1C(=O)NC(=O)NC(=O)c1ccc(Nc2ccc3ccc(S(=O)(=O)O)cc3c2O)cc1C. The Morgan fingerprint density at radius 1 is 0.519 bits per heavy atom. The summed E-state index contributed by atoms with van der Waals surface area (Å²) in [5, 5.41) is 33.3. The van der Waals surface area contributed by atoms with Gasteiger partial charge in [0.2, 0.25) is 0 Å². The van der Waals surface area contributed by atoms with E-state index in [2.05, 4.69) is 21.3 Å². The van der Waals surface area contributed by atoms with Crippen LogP contribution in [0, 0.1) is 13.8 Å². The number of imide groups is 2. The Morgan fingerprint density at radius 2 is 0.889 bits per heavy atom. The van der Waals surface area contributed by atoms with Crippen molar-refractivity contribution >= 4 is 82.4 Å². The summed E-state index contributed by atoms with van der Waals surface area (Å²) in [4.78, 5) is 37.8. The van der Waals surface area contributed by atoms with E-state index in [9.17, 15) is 50.5 Å². The van der Waals surface area contributed by atoms with Crippen LogP contribution in [-0.2, 0) is 20.2 Å². The first-order valence-corrected chi connectivity index (χ1v) is 18.7. The van der Waals surface area contributed by atoms with Gasteiger partial charge >= 0.3 is 6.03 Å². The molecule has 6 rings (SSSR count). The first-order chi connectivity index (χ1) is 25.4. The van der Waals surface area contributed by atoms with Gasteiger partial charge in [-0.3, -0.25) is 29.3 Å². The highest BCUT2D eigenvalue weighted by atomic mass is 32.2. The van der Waals surface area contributed by atoms with Gasteiger partial charge < -0.3 is 20.8 Å². The van der Waals surface area contributed by atoms with E-state index in [4.69, 9.17) is 0 Å². The molecule has 54 heavy (non-hydrogen) atoms. The summed E-state index contributed by atoms with van der Waals surface area (Å²) in [5.41, 5.74) is 2.41. The lowest BCUT2D eigenvalue weighted by Crippen LogP contribution is -2.42. The van der Waals surface area contributed by atoms with E-state index in [1.807, 2.05) is 0 Å². The van der Waals surface area contributed by atoms with Crippen molar-refractivity contribution in [3.05, 3.63) is 119 Å². The highest BCUT2D eigenvalue weighted by molar-refractivity contribution is 7.86. The van der Waals surface area contributed by atoms with Gasteiger partial charge in [-0.1, -0.05) is 24.3 Å². The van der Waals surface area contributed by atoms with Crippen LogP contribution in [-0.4, -0.2) is 54.0 Å². The fourth-order valence-electron chi connectivity index (χ4n) is 5.76. The normalized spacial score (nSPS) is 11.6. The largest absolute Gasteiger partial charge is 0.505 e. The zero-order valence-electron chi connectivity index (χ0n) is 28.2. The number of nitrogens with one attached hydrogen (secondary N) is 4. The number of carbonyl (C=O) groups excluding carboxylic acids is 3. The molecule has 0 aromatic heterocycles. The number of fused-ring (bicyclic) bond motifs is 2. The number of hydrogen-bond acceptors (Lipinski definition) is 11. The third kappa shape index (κ3) is 7.79. The quantitative estimate of drug-likeness (QED) is 0.0628. The maximum Gasteiger partial charge on any atom is 0.328 e. The van der Waals surface area contributed by atoms with Crippen LogP contribution in [0.2, 0.25) is 0 Å². The second kappa shape index (κ2) is 14.1. The standard InChI is InChI=1S/C37H30N4O11S2/c1-19-15-23(38-31-13-5-21-3-9-25(53(47,48)49)17-29(21)33(31)42)7-11-27(19)35(44)40-37(46)41-36(45)28-12-8-24(16-20(28)2)39-32-14-6-22-4-10-26(54(50,51)52)18-30(22)34(32)43/h3-18,38-39,42-43H,1-2H3,(H,47,48,49)(H,50,51,52)(H2,40,41,44,45,46). The Morgan fingerprint density at radius 3 is 1.24 bits per heavy atom. The van der Waals surface area contributed by atoms with Crippen molar-refractivity contribution < 1.29 is 50.5 Å². The van der Waals surface area contributed by atoms with Gasteiger partial charge in [0.25, 0.3) is 32.1 Å². The average molecular weight is 771 g/mol. The van der Waals surface area contributed by atoms with Crippen molar-refractivity contribution in [3.63, 3.8) is 0 Å². The minimum absolute atomic E-state index is 0.112. The van der Waals surface area contributed by atoms with Crippen LogP contribution in [0.1, 0.15) is 31.8 Å². The number of hydrogen-bond donors (Lipinski definition) is 8. The molecule has 17 heteroatoms. The fraction of sp³-hybridized carbons (Fsp3) is 0.0541. The molecule has 0 fully saturated rings. The van der Waals surface area contributed by atoms with E-state index in [-0.39, 0.29) is 54.6 Å². The molecule has 4 amide bonds. The van der Waals surface area contributed by atoms with Crippen molar-refractivity contribution in [3.8, 4) is 11.5 Å². The van der Waals surface area contributed by atoms with Crippen molar-refractivity contribution in [2.45, 2.75) is 23.6 Å². The Hall–Kier alpha value is -6.53. The minimum Gasteiger partial charge on any atom is -0.505 e. The molecule has 0 unspecified atom stereocenters. The molecule has 0 aliphatic carbocycles. The molecule has 0 saturated carbocycles. The lowest BCUT2D eigenvalue weighted by Gasteiger charge is -2.14. The topological polar surface area (TPSA) is 249 Å². The van der Waals surface area contributed by atoms with E-state index < -0.39 is 38.1 Å². The highest BCUT2D eigenvalue weighted by Crippen LogP contribution is 2.37. The zero-order chi connectivity index (χ0) is 39.1. The third-order valence-corrected chi connectivity index (χ3v) is 10.2. The maximum atomic E-state index is 13.0. The fourth-order valence-corrected chi connectivity index (χ4v) is 6.78. The molecule has 276 valence electrons. The van der Waals surface area contributed by atoms with E-state index in [1.165, 1.54) is 48.5 Å². The van der Waals surface area contributed by atoms with E-state index in [0.717, 1.165) is 12.1 Å². The molecule has 0 heterocycles. The first kappa shape index (κ1) is 37.2. The molecule has 0 radical (unpaired) electrons. The van der Waals surface area contributed by atoms with Gasteiger partial charge in [-0.25, -0.2) is 4.79 Å². The number of benzene rings is 6. The van der Waals surface area contributed by atoms with E-state index in [0.29, 0.717) is 33.3 Å². The second-order valence-electron chi connectivity index (χ2n) is 12.2. The predicted octanol–water partition coefficient (Wildman–Crippen LogP) is 6.28. The van der Waals surface area contributed by atoms with Crippen LogP contribution >= 0.6 is 0 Å². The summed E-state index contributed by atoms with van der Waals surface area (Å²) in [6.07, 6.45) is 0. The maximum absolute atomic E-state index is 13.0. The van der Waals surface area contributed by atoms with E-state index in [1.54, 1.807) is 50.2 Å². The molecule has 6 aromatic carbocycles. The Bertz CT molecular complexity index is 2600. The third-order valence-electron chi connectivity index (χ3n) is 8.48. The van der Waals surface area contributed by atoms with E-state index >= 15 is 0 Å². The lowest BCUT2D eigenvalue weighted by atomic mass is 10.1. The average Bonchev–Trinajstić information content (AvgIpc) is 3.09. The summed E-state index contributed by atoms with van der Waals surface area (Å²) >= 11 is 0. The molecule has 0 bridgehead atoms. The summed E-state index contributed by atoms with van der Waals surface area (Å²) in [6, 6.07) is 21.9. The van der Waals surface area contributed by atoms with Gasteiger partial charge in [0, 0.05) is 33.3 Å². The monoisotopic (exact) mass is 770 g/mol. The van der Waals surface area contributed by atoms with Gasteiger partial charge in [0.05, 0.1) is 21.2 Å². The zero-order valence-corrected chi connectivity index (χ0v) is 29.8.